The molecule has 0 aromatic rings. The van der Waals surface area contributed by atoms with Gasteiger partial charge in [0.15, 0.2) is 5.67 Å². The molecule has 0 aliphatic heterocycles. The molecule has 0 radical (unpaired) electrons. The summed E-state index contributed by atoms with van der Waals surface area (Å²) >= 11 is 0. The fourth-order valence-corrected chi connectivity index (χ4v) is 3.75. The van der Waals surface area contributed by atoms with Crippen LogP contribution in [-0.2, 0) is 0 Å². The molecule has 0 aromatic heterocycles. The molecule has 2 aliphatic rings. The maximum atomic E-state index is 14.8. The van der Waals surface area contributed by atoms with Gasteiger partial charge in [0, 0.05) is 5.92 Å². The quantitative estimate of drug-likeness (QED) is 0.732. The van der Waals surface area contributed by atoms with Gasteiger partial charge < -0.3 is 5.11 Å². The first-order valence-electron chi connectivity index (χ1n) is 5.95. The molecule has 0 aromatic carbocycles. The summed E-state index contributed by atoms with van der Waals surface area (Å²) in [5, 5.41) is 9.24. The monoisotopic (exact) mass is 312 g/mol. The molecule has 20 heavy (non-hydrogen) atoms. The molecular weight excluding hydrogens is 300 g/mol. The van der Waals surface area contributed by atoms with Gasteiger partial charge in [0.2, 0.25) is 0 Å². The third kappa shape index (κ3) is 1.47. The summed E-state index contributed by atoms with van der Waals surface area (Å²) in [5.41, 5.74) is -13.5. The van der Waals surface area contributed by atoms with Crippen LogP contribution in [0.4, 0.5) is 35.1 Å². The third-order valence-corrected chi connectivity index (χ3v) is 4.82. The molecule has 0 saturated heterocycles. The van der Waals surface area contributed by atoms with E-state index in [9.17, 15) is 40.2 Å². The van der Waals surface area contributed by atoms with Crippen molar-refractivity contribution in [3.63, 3.8) is 0 Å². The molecule has 1 nitrogen and oxygen atoms in total. The molecule has 2 aliphatic carbocycles. The molecule has 2 bridgehead atoms. The van der Waals surface area contributed by atoms with Crippen molar-refractivity contribution in [2.24, 2.45) is 11.8 Å². The highest BCUT2D eigenvalue weighted by Crippen LogP contribution is 2.68. The average molecular weight is 312 g/mol. The van der Waals surface area contributed by atoms with Crippen LogP contribution in [0.3, 0.4) is 0 Å². The van der Waals surface area contributed by atoms with Gasteiger partial charge in [-0.15, -0.1) is 0 Å². The molecule has 0 heterocycles. The highest BCUT2D eigenvalue weighted by atomic mass is 19.4. The summed E-state index contributed by atoms with van der Waals surface area (Å²) in [7, 11) is 0. The van der Waals surface area contributed by atoms with Crippen molar-refractivity contribution in [3.05, 3.63) is 0 Å². The summed E-state index contributed by atoms with van der Waals surface area (Å²) < 4.78 is 106. The maximum absolute atomic E-state index is 14.8. The van der Waals surface area contributed by atoms with Crippen LogP contribution >= 0.6 is 0 Å². The van der Waals surface area contributed by atoms with Crippen LogP contribution in [0, 0.1) is 11.8 Å². The van der Waals surface area contributed by atoms with Crippen molar-refractivity contribution in [2.75, 3.05) is 0 Å². The van der Waals surface area contributed by atoms with Gasteiger partial charge >= 0.3 is 12.4 Å². The van der Waals surface area contributed by atoms with E-state index < -0.39 is 47.5 Å². The molecule has 4 unspecified atom stereocenters. The molecule has 0 amide bonds. The second kappa shape index (κ2) is 3.78. The summed E-state index contributed by atoms with van der Waals surface area (Å²) in [4.78, 5) is 0. The largest absolute Gasteiger partial charge is 0.429 e. The molecule has 118 valence electrons. The van der Waals surface area contributed by atoms with Crippen molar-refractivity contribution in [2.45, 2.75) is 55.5 Å². The highest BCUT2D eigenvalue weighted by Gasteiger charge is 2.89. The molecule has 2 saturated carbocycles. The zero-order valence-corrected chi connectivity index (χ0v) is 10.2. The van der Waals surface area contributed by atoms with Gasteiger partial charge in [-0.05, 0) is 32.1 Å². The van der Waals surface area contributed by atoms with Crippen LogP contribution < -0.4 is 0 Å². The van der Waals surface area contributed by atoms with E-state index in [1.54, 1.807) is 0 Å². The SMILES string of the molecule is CC1(F)C2CCC(C2)C1(F)C(O)(C(F)(F)F)C(F)(F)F. The molecule has 1 N–H and O–H groups in total. The summed E-state index contributed by atoms with van der Waals surface area (Å²) in [6.45, 7) is 0.374. The van der Waals surface area contributed by atoms with Gasteiger partial charge in [-0.3, -0.25) is 0 Å². The van der Waals surface area contributed by atoms with Gasteiger partial charge in [-0.25, -0.2) is 8.78 Å². The van der Waals surface area contributed by atoms with Gasteiger partial charge in [0.25, 0.3) is 5.60 Å². The van der Waals surface area contributed by atoms with Crippen LogP contribution in [-0.4, -0.2) is 34.4 Å². The first-order valence-corrected chi connectivity index (χ1v) is 5.95. The molecular formula is C11H12F8O. The lowest BCUT2D eigenvalue weighted by Gasteiger charge is -2.50. The van der Waals surface area contributed by atoms with Gasteiger partial charge in [-0.1, -0.05) is 0 Å². The topological polar surface area (TPSA) is 20.2 Å². The Morgan fingerprint density at radius 2 is 1.30 bits per heavy atom. The van der Waals surface area contributed by atoms with Crippen molar-refractivity contribution >= 4 is 0 Å². The van der Waals surface area contributed by atoms with E-state index in [2.05, 4.69) is 0 Å². The number of fused-ring (bicyclic) bond motifs is 2. The smallest absolute Gasteiger partial charge is 0.371 e. The predicted octanol–water partition coefficient (Wildman–Crippen LogP) is 3.71. The predicted molar refractivity (Wildman–Crippen MR) is 51.2 cm³/mol. The fraction of sp³-hybridized carbons (Fsp3) is 1.00. The Morgan fingerprint density at radius 1 is 0.900 bits per heavy atom. The summed E-state index contributed by atoms with van der Waals surface area (Å²) in [6.07, 6.45) is -13.5. The first-order chi connectivity index (χ1) is 8.71. The van der Waals surface area contributed by atoms with Gasteiger partial charge in [0.05, 0.1) is 0 Å². The van der Waals surface area contributed by atoms with Crippen LogP contribution in [0.1, 0.15) is 26.2 Å². The van der Waals surface area contributed by atoms with Gasteiger partial charge in [0.1, 0.15) is 5.67 Å². The zero-order valence-electron chi connectivity index (χ0n) is 10.2. The zero-order chi connectivity index (χ0) is 15.8. The molecule has 2 rings (SSSR count). The van der Waals surface area contributed by atoms with Crippen molar-refractivity contribution in [3.8, 4) is 0 Å². The number of aliphatic hydroxyl groups is 1. The minimum Gasteiger partial charge on any atom is -0.371 e. The number of hydrogen-bond donors (Lipinski definition) is 1. The van der Waals surface area contributed by atoms with E-state index in [0.29, 0.717) is 6.92 Å². The van der Waals surface area contributed by atoms with E-state index in [1.807, 2.05) is 0 Å². The van der Waals surface area contributed by atoms with Crippen LogP contribution in [0.15, 0.2) is 0 Å². The number of alkyl halides is 8. The lowest BCUT2D eigenvalue weighted by Crippen LogP contribution is -2.76. The van der Waals surface area contributed by atoms with Crippen molar-refractivity contribution in [1.82, 2.24) is 0 Å². The van der Waals surface area contributed by atoms with E-state index in [0.717, 1.165) is 0 Å². The van der Waals surface area contributed by atoms with Crippen molar-refractivity contribution < 1.29 is 40.2 Å². The minimum absolute atomic E-state index is 0.00906. The second-order valence-electron chi connectivity index (χ2n) is 5.70. The second-order valence-corrected chi connectivity index (χ2v) is 5.70. The number of rotatable bonds is 1. The van der Waals surface area contributed by atoms with Gasteiger partial charge in [-0.2, -0.15) is 26.3 Å². The number of hydrogen-bond acceptors (Lipinski definition) is 1. The Bertz CT molecular complexity index is 398. The standard InChI is InChI=1S/C11H12F8O/c1-7(12)5-2-3-6(4-5)8(7,13)9(20,10(14,15)16)11(17,18)19/h5-6,20H,2-4H2,1H3. The number of halogens is 8. The third-order valence-electron chi connectivity index (χ3n) is 4.82. The van der Waals surface area contributed by atoms with E-state index in [1.165, 1.54) is 0 Å². The minimum atomic E-state index is -6.36. The highest BCUT2D eigenvalue weighted by molar-refractivity contribution is 5.26. The van der Waals surface area contributed by atoms with E-state index >= 15 is 0 Å². The molecule has 2 fully saturated rings. The Kier molecular flexibility index (Phi) is 2.98. The lowest BCUT2D eigenvalue weighted by atomic mass is 9.65. The van der Waals surface area contributed by atoms with Crippen LogP contribution in [0.25, 0.3) is 0 Å². The van der Waals surface area contributed by atoms with Crippen LogP contribution in [0.5, 0.6) is 0 Å². The maximum Gasteiger partial charge on any atom is 0.429 e. The molecule has 0 spiro atoms. The summed E-state index contributed by atoms with van der Waals surface area (Å²) in [5.74, 6) is -3.07. The molecule has 9 heteroatoms. The Balaban J connectivity index is 2.67. The first kappa shape index (κ1) is 15.8. The Labute approximate surface area is 108 Å². The molecule has 4 atom stereocenters. The van der Waals surface area contributed by atoms with Crippen LogP contribution in [0.2, 0.25) is 0 Å². The van der Waals surface area contributed by atoms with Crippen molar-refractivity contribution in [1.29, 1.82) is 0 Å². The average Bonchev–Trinajstić information content (AvgIpc) is 2.77. The Morgan fingerprint density at radius 3 is 1.60 bits per heavy atom. The fourth-order valence-electron chi connectivity index (χ4n) is 3.75. The van der Waals surface area contributed by atoms with E-state index in [-0.39, 0.29) is 12.8 Å². The summed E-state index contributed by atoms with van der Waals surface area (Å²) in [6, 6.07) is 0. The lowest BCUT2D eigenvalue weighted by molar-refractivity contribution is -0.420. The normalized spacial score (nSPS) is 42.3. The Hall–Kier alpha value is -0.600. The van der Waals surface area contributed by atoms with E-state index in [4.69, 9.17) is 0 Å².